The van der Waals surface area contributed by atoms with Gasteiger partial charge >= 0.3 is 0 Å². The van der Waals surface area contributed by atoms with E-state index < -0.39 is 4.92 Å². The minimum Gasteiger partial charge on any atom is -0.352 e. The third-order valence-electron chi connectivity index (χ3n) is 5.59. The molecule has 32 heavy (non-hydrogen) atoms. The number of carbonyl (C=O) groups is 1. The van der Waals surface area contributed by atoms with Crippen LogP contribution in [0.5, 0.6) is 0 Å². The highest BCUT2D eigenvalue weighted by Crippen LogP contribution is 2.25. The number of hydrogen-bond donors (Lipinski definition) is 0. The van der Waals surface area contributed by atoms with Gasteiger partial charge in [-0.2, -0.15) is 0 Å². The molecule has 2 heterocycles. The lowest BCUT2D eigenvalue weighted by Gasteiger charge is -2.35. The smallest absolute Gasteiger partial charge is 0.270 e. The van der Waals surface area contributed by atoms with Crippen molar-refractivity contribution < 1.29 is 9.72 Å². The lowest BCUT2D eigenvalue weighted by molar-refractivity contribution is -0.384. The van der Waals surface area contributed by atoms with Crippen LogP contribution in [0.4, 0.5) is 11.5 Å². The molecule has 1 amide bonds. The van der Waals surface area contributed by atoms with Crippen molar-refractivity contribution in [1.29, 1.82) is 0 Å². The van der Waals surface area contributed by atoms with Gasteiger partial charge in [0.15, 0.2) is 5.82 Å². The van der Waals surface area contributed by atoms with Gasteiger partial charge in [0.25, 0.3) is 11.6 Å². The Morgan fingerprint density at radius 2 is 1.75 bits per heavy atom. The average molecular weight is 452 g/mol. The van der Waals surface area contributed by atoms with E-state index in [9.17, 15) is 14.9 Å². The molecule has 0 unspecified atom stereocenters. The molecule has 8 nitrogen and oxygen atoms in total. The molecular weight excluding hydrogens is 430 g/mol. The molecule has 9 heteroatoms. The number of non-ortho nitro benzene ring substituents is 1. The molecule has 1 saturated heterocycles. The molecule has 4 rings (SSSR count). The maximum atomic E-state index is 12.8. The number of anilines is 1. The standard InChI is InChI=1S/C23H22ClN5O3/c1-2-16-3-5-17(6-4-16)21-9-10-22(26-25-21)27-11-13-28(14-12-27)23(30)19-8-7-18(29(31)32)15-20(19)24/h3-10,15H,2,11-14H2,1H3. The Morgan fingerprint density at radius 1 is 1.03 bits per heavy atom. The predicted molar refractivity (Wildman–Crippen MR) is 123 cm³/mol. The fraction of sp³-hybridized carbons (Fsp3) is 0.261. The van der Waals surface area contributed by atoms with Crippen LogP contribution in [-0.4, -0.2) is 52.1 Å². The number of aromatic nitrogens is 2. The maximum Gasteiger partial charge on any atom is 0.270 e. The van der Waals surface area contributed by atoms with Gasteiger partial charge in [0.1, 0.15) is 0 Å². The maximum absolute atomic E-state index is 12.8. The second-order valence-corrected chi connectivity index (χ2v) is 7.93. The van der Waals surface area contributed by atoms with Crippen LogP contribution in [0.3, 0.4) is 0 Å². The van der Waals surface area contributed by atoms with Crippen molar-refractivity contribution in [2.75, 3.05) is 31.1 Å². The highest BCUT2D eigenvalue weighted by atomic mass is 35.5. The van der Waals surface area contributed by atoms with E-state index in [1.807, 2.05) is 12.1 Å². The number of nitro benzene ring substituents is 1. The number of aryl methyl sites for hydroxylation is 1. The van der Waals surface area contributed by atoms with E-state index in [2.05, 4.69) is 46.3 Å². The highest BCUT2D eigenvalue weighted by Gasteiger charge is 2.25. The molecule has 0 N–H and O–H groups in total. The molecule has 164 valence electrons. The Labute approximate surface area is 190 Å². The van der Waals surface area contributed by atoms with Crippen LogP contribution < -0.4 is 4.90 Å². The molecule has 0 saturated carbocycles. The van der Waals surface area contributed by atoms with E-state index in [0.29, 0.717) is 26.2 Å². The molecule has 1 aliphatic rings. The number of nitro groups is 1. The van der Waals surface area contributed by atoms with Gasteiger partial charge in [0.05, 0.1) is 21.2 Å². The fourth-order valence-electron chi connectivity index (χ4n) is 3.66. The van der Waals surface area contributed by atoms with Crippen molar-refractivity contribution >= 4 is 29.0 Å². The third-order valence-corrected chi connectivity index (χ3v) is 5.91. The molecule has 2 aromatic carbocycles. The van der Waals surface area contributed by atoms with E-state index >= 15 is 0 Å². The molecule has 1 aliphatic heterocycles. The SMILES string of the molecule is CCc1ccc(-c2ccc(N3CCN(C(=O)c4ccc([N+](=O)[O-])cc4Cl)CC3)nn2)cc1. The molecule has 0 atom stereocenters. The zero-order valence-corrected chi connectivity index (χ0v) is 18.3. The van der Waals surface area contributed by atoms with E-state index in [4.69, 9.17) is 11.6 Å². The molecule has 0 spiro atoms. The van der Waals surface area contributed by atoms with Gasteiger partial charge in [0, 0.05) is 43.9 Å². The van der Waals surface area contributed by atoms with Gasteiger partial charge in [0.2, 0.25) is 0 Å². The van der Waals surface area contributed by atoms with Crippen molar-refractivity contribution in [2.45, 2.75) is 13.3 Å². The van der Waals surface area contributed by atoms with Crippen molar-refractivity contribution in [2.24, 2.45) is 0 Å². The summed E-state index contributed by atoms with van der Waals surface area (Å²) in [6.07, 6.45) is 0.996. The molecule has 1 fully saturated rings. The van der Waals surface area contributed by atoms with Crippen molar-refractivity contribution in [3.8, 4) is 11.3 Å². The Balaban J connectivity index is 1.39. The van der Waals surface area contributed by atoms with Crippen LogP contribution in [0.1, 0.15) is 22.8 Å². The number of nitrogens with zero attached hydrogens (tertiary/aromatic N) is 5. The first-order chi connectivity index (χ1) is 15.5. The summed E-state index contributed by atoms with van der Waals surface area (Å²) < 4.78 is 0. The van der Waals surface area contributed by atoms with Crippen LogP contribution in [0.25, 0.3) is 11.3 Å². The summed E-state index contributed by atoms with van der Waals surface area (Å²) in [5.74, 6) is 0.529. The van der Waals surface area contributed by atoms with Crippen molar-refractivity contribution in [1.82, 2.24) is 15.1 Å². The van der Waals surface area contributed by atoms with Crippen LogP contribution in [0.2, 0.25) is 5.02 Å². The zero-order chi connectivity index (χ0) is 22.7. The average Bonchev–Trinajstić information content (AvgIpc) is 2.84. The monoisotopic (exact) mass is 451 g/mol. The Bertz CT molecular complexity index is 1130. The van der Waals surface area contributed by atoms with Crippen LogP contribution in [0, 0.1) is 10.1 Å². The summed E-state index contributed by atoms with van der Waals surface area (Å²) in [7, 11) is 0. The highest BCUT2D eigenvalue weighted by molar-refractivity contribution is 6.34. The van der Waals surface area contributed by atoms with Crippen LogP contribution in [0.15, 0.2) is 54.6 Å². The Kier molecular flexibility index (Phi) is 6.32. The third kappa shape index (κ3) is 4.55. The first-order valence-electron chi connectivity index (χ1n) is 10.4. The van der Waals surface area contributed by atoms with Gasteiger partial charge < -0.3 is 9.80 Å². The second-order valence-electron chi connectivity index (χ2n) is 7.53. The normalized spacial score (nSPS) is 13.8. The van der Waals surface area contributed by atoms with E-state index in [-0.39, 0.29) is 22.2 Å². The number of amides is 1. The number of benzene rings is 2. The number of hydrogen-bond acceptors (Lipinski definition) is 6. The molecule has 0 aliphatic carbocycles. The van der Waals surface area contributed by atoms with Gasteiger partial charge in [-0.05, 0) is 30.2 Å². The molecule has 3 aromatic rings. The summed E-state index contributed by atoms with van der Waals surface area (Å²) in [5, 5.41) is 19.7. The number of rotatable bonds is 5. The summed E-state index contributed by atoms with van der Waals surface area (Å²) in [4.78, 5) is 26.9. The first kappa shape index (κ1) is 21.7. The van der Waals surface area contributed by atoms with Gasteiger partial charge in [-0.1, -0.05) is 42.8 Å². The van der Waals surface area contributed by atoms with E-state index in [1.165, 1.54) is 23.8 Å². The summed E-state index contributed by atoms with van der Waals surface area (Å²) in [6, 6.07) is 16.1. The largest absolute Gasteiger partial charge is 0.352 e. The summed E-state index contributed by atoms with van der Waals surface area (Å²) in [5.41, 5.74) is 3.25. The number of carbonyl (C=O) groups excluding carboxylic acids is 1. The van der Waals surface area contributed by atoms with E-state index in [1.54, 1.807) is 4.90 Å². The van der Waals surface area contributed by atoms with Crippen molar-refractivity contribution in [3.63, 3.8) is 0 Å². The molecule has 0 radical (unpaired) electrons. The summed E-state index contributed by atoms with van der Waals surface area (Å²) >= 11 is 6.11. The summed E-state index contributed by atoms with van der Waals surface area (Å²) in [6.45, 7) is 4.32. The van der Waals surface area contributed by atoms with Crippen molar-refractivity contribution in [3.05, 3.63) is 80.9 Å². The molecule has 0 bridgehead atoms. The minimum absolute atomic E-state index is 0.0834. The molecular formula is C23H22ClN5O3. The second kappa shape index (κ2) is 9.32. The number of piperazine rings is 1. The van der Waals surface area contributed by atoms with Crippen LogP contribution >= 0.6 is 11.6 Å². The lowest BCUT2D eigenvalue weighted by Crippen LogP contribution is -2.49. The lowest BCUT2D eigenvalue weighted by atomic mass is 10.1. The number of halogens is 1. The van der Waals surface area contributed by atoms with E-state index in [0.717, 1.165) is 23.5 Å². The zero-order valence-electron chi connectivity index (χ0n) is 17.6. The molecule has 1 aromatic heterocycles. The Hall–Kier alpha value is -3.52. The first-order valence-corrected chi connectivity index (χ1v) is 10.7. The Morgan fingerprint density at radius 3 is 2.31 bits per heavy atom. The predicted octanol–water partition coefficient (Wildman–Crippen LogP) is 4.23. The van der Waals surface area contributed by atoms with Crippen LogP contribution in [-0.2, 0) is 6.42 Å². The quantitative estimate of drug-likeness (QED) is 0.425. The van der Waals surface area contributed by atoms with Gasteiger partial charge in [-0.15, -0.1) is 10.2 Å². The van der Waals surface area contributed by atoms with Gasteiger partial charge in [-0.3, -0.25) is 14.9 Å². The minimum atomic E-state index is -0.536. The topological polar surface area (TPSA) is 92.5 Å². The fourth-order valence-corrected chi connectivity index (χ4v) is 3.91. The van der Waals surface area contributed by atoms with Gasteiger partial charge in [-0.25, -0.2) is 0 Å².